The Morgan fingerprint density at radius 2 is 2.21 bits per heavy atom. The van der Waals surface area contributed by atoms with Crippen LogP contribution in [0.25, 0.3) is 10.1 Å². The zero-order valence-corrected chi connectivity index (χ0v) is 10.1. The maximum absolute atomic E-state index is 10.7. The van der Waals surface area contributed by atoms with Gasteiger partial charge in [0, 0.05) is 20.5 Å². The fourth-order valence-corrected chi connectivity index (χ4v) is 2.91. The zero-order valence-electron chi connectivity index (χ0n) is 7.71. The summed E-state index contributed by atoms with van der Waals surface area (Å²) in [7, 11) is 0. The van der Waals surface area contributed by atoms with E-state index in [0.29, 0.717) is 0 Å². The van der Waals surface area contributed by atoms with E-state index in [1.54, 1.807) is 11.3 Å². The summed E-state index contributed by atoms with van der Waals surface area (Å²) in [5, 5.41) is 2.11. The van der Waals surface area contributed by atoms with Gasteiger partial charge < -0.3 is 0 Å². The third-order valence-corrected chi connectivity index (χ3v) is 4.29. The summed E-state index contributed by atoms with van der Waals surface area (Å²) in [6.45, 7) is 1.97. The van der Waals surface area contributed by atoms with Crippen molar-refractivity contribution in [2.24, 2.45) is 0 Å². The number of aryl methyl sites for hydroxylation is 1. The normalized spacial score (nSPS) is 10.7. The molecule has 0 saturated carbocycles. The third kappa shape index (κ3) is 1.62. The smallest absolute Gasteiger partial charge is 0.150 e. The predicted molar refractivity (Wildman–Crippen MR) is 64.6 cm³/mol. The summed E-state index contributed by atoms with van der Waals surface area (Å²) < 4.78 is 1.19. The lowest BCUT2D eigenvalue weighted by Gasteiger charge is -1.97. The third-order valence-electron chi connectivity index (χ3n) is 2.21. The van der Waals surface area contributed by atoms with Crippen LogP contribution in [0, 0.1) is 6.92 Å². The van der Waals surface area contributed by atoms with Gasteiger partial charge in [-0.25, -0.2) is 0 Å². The Morgan fingerprint density at radius 1 is 1.43 bits per heavy atom. The molecule has 2 rings (SSSR count). The molecule has 1 aromatic carbocycles. The van der Waals surface area contributed by atoms with Crippen LogP contribution in [0.3, 0.4) is 0 Å². The molecule has 0 bridgehead atoms. The van der Waals surface area contributed by atoms with Gasteiger partial charge in [0.15, 0.2) is 0 Å². The number of rotatable bonds is 2. The molecule has 0 fully saturated rings. The van der Waals surface area contributed by atoms with E-state index in [-0.39, 0.29) is 0 Å². The van der Waals surface area contributed by atoms with E-state index >= 15 is 0 Å². The molecule has 1 nitrogen and oxygen atoms in total. The van der Waals surface area contributed by atoms with E-state index in [1.165, 1.54) is 15.0 Å². The van der Waals surface area contributed by atoms with Gasteiger partial charge in [0.25, 0.3) is 0 Å². The Balaban J connectivity index is 2.69. The number of carbonyl (C=O) groups excluding carboxylic acids is 1. The van der Waals surface area contributed by atoms with Gasteiger partial charge in [0.2, 0.25) is 0 Å². The number of benzene rings is 1. The van der Waals surface area contributed by atoms with E-state index in [2.05, 4.69) is 28.1 Å². The minimum absolute atomic E-state index is 0.792. The molecule has 0 aliphatic heterocycles. The topological polar surface area (TPSA) is 17.1 Å². The van der Waals surface area contributed by atoms with Crippen molar-refractivity contribution in [3.63, 3.8) is 0 Å². The highest BCUT2D eigenvalue weighted by atomic mass is 79.9. The molecule has 2 aromatic rings. The van der Waals surface area contributed by atoms with Crippen molar-refractivity contribution < 1.29 is 4.79 Å². The van der Waals surface area contributed by atoms with E-state index in [9.17, 15) is 4.79 Å². The molecule has 1 heterocycles. The molecule has 0 saturated heterocycles. The van der Waals surface area contributed by atoms with Gasteiger partial charge in [-0.15, -0.1) is 11.3 Å². The summed E-state index contributed by atoms with van der Waals surface area (Å²) in [6, 6.07) is 6.20. The van der Waals surface area contributed by atoms with Gasteiger partial charge in [0.05, 0.1) is 0 Å². The second-order valence-electron chi connectivity index (χ2n) is 3.21. The molecule has 0 N–H and O–H groups in total. The molecule has 3 heteroatoms. The van der Waals surface area contributed by atoms with Crippen molar-refractivity contribution in [2.45, 2.75) is 12.3 Å². The fourth-order valence-electron chi connectivity index (χ4n) is 1.46. The molecule has 0 spiro atoms. The van der Waals surface area contributed by atoms with E-state index in [0.717, 1.165) is 22.7 Å². The lowest BCUT2D eigenvalue weighted by atomic mass is 10.1. The SMILES string of the molecule is Cc1cc2cc(CBr)sc2cc1C=O. The Kier molecular flexibility index (Phi) is 2.70. The molecule has 14 heavy (non-hydrogen) atoms. The van der Waals surface area contributed by atoms with Gasteiger partial charge in [-0.1, -0.05) is 15.9 Å². The van der Waals surface area contributed by atoms with Crippen molar-refractivity contribution in [3.05, 3.63) is 34.2 Å². The highest BCUT2D eigenvalue weighted by molar-refractivity contribution is 9.08. The Hall–Kier alpha value is -0.670. The largest absolute Gasteiger partial charge is 0.298 e. The summed E-state index contributed by atoms with van der Waals surface area (Å²) in [4.78, 5) is 12.0. The first-order chi connectivity index (χ1) is 6.74. The van der Waals surface area contributed by atoms with E-state index in [4.69, 9.17) is 0 Å². The van der Waals surface area contributed by atoms with Crippen LogP contribution in [0.1, 0.15) is 20.8 Å². The van der Waals surface area contributed by atoms with Crippen LogP contribution in [-0.4, -0.2) is 6.29 Å². The summed E-state index contributed by atoms with van der Waals surface area (Å²) in [5.41, 5.74) is 1.84. The standard InChI is InChI=1S/C11H9BrOS/c1-7-2-8-3-10(5-12)14-11(8)4-9(7)6-13/h2-4,6H,5H2,1H3. The van der Waals surface area contributed by atoms with Crippen molar-refractivity contribution in [1.29, 1.82) is 0 Å². The van der Waals surface area contributed by atoms with Crippen LogP contribution in [-0.2, 0) is 5.33 Å². The molecule has 1 aromatic heterocycles. The summed E-state index contributed by atoms with van der Waals surface area (Å²) in [5.74, 6) is 0. The summed E-state index contributed by atoms with van der Waals surface area (Å²) >= 11 is 5.16. The second kappa shape index (κ2) is 3.83. The van der Waals surface area contributed by atoms with Crippen molar-refractivity contribution in [2.75, 3.05) is 0 Å². The van der Waals surface area contributed by atoms with Crippen LogP contribution in [0.2, 0.25) is 0 Å². The highest BCUT2D eigenvalue weighted by Gasteiger charge is 2.04. The minimum Gasteiger partial charge on any atom is -0.298 e. The number of hydrogen-bond donors (Lipinski definition) is 0. The molecule has 0 amide bonds. The van der Waals surface area contributed by atoms with Crippen LogP contribution >= 0.6 is 27.3 Å². The van der Waals surface area contributed by atoms with Crippen LogP contribution < -0.4 is 0 Å². The van der Waals surface area contributed by atoms with Crippen LogP contribution in [0.4, 0.5) is 0 Å². The quantitative estimate of drug-likeness (QED) is 0.596. The van der Waals surface area contributed by atoms with Gasteiger partial charge in [-0.2, -0.15) is 0 Å². The number of fused-ring (bicyclic) bond motifs is 1. The van der Waals surface area contributed by atoms with Crippen molar-refractivity contribution in [3.8, 4) is 0 Å². The molecule has 0 aliphatic rings. The Morgan fingerprint density at radius 3 is 2.86 bits per heavy atom. The first-order valence-corrected chi connectivity index (χ1v) is 6.22. The Bertz CT molecular complexity index is 487. The van der Waals surface area contributed by atoms with Gasteiger partial charge in [0.1, 0.15) is 6.29 Å². The first kappa shape index (κ1) is 9.87. The number of aldehydes is 1. The zero-order chi connectivity index (χ0) is 10.1. The minimum atomic E-state index is 0.792. The first-order valence-electron chi connectivity index (χ1n) is 4.29. The number of alkyl halides is 1. The molecule has 0 unspecified atom stereocenters. The van der Waals surface area contributed by atoms with Crippen LogP contribution in [0.5, 0.6) is 0 Å². The van der Waals surface area contributed by atoms with Gasteiger partial charge in [-0.3, -0.25) is 4.79 Å². The van der Waals surface area contributed by atoms with E-state index < -0.39 is 0 Å². The lowest BCUT2D eigenvalue weighted by molar-refractivity contribution is 0.112. The maximum atomic E-state index is 10.7. The number of halogens is 1. The highest BCUT2D eigenvalue weighted by Crippen LogP contribution is 2.29. The predicted octanol–water partition coefficient (Wildman–Crippen LogP) is 3.92. The number of thiophene rings is 1. The fraction of sp³-hybridized carbons (Fsp3) is 0.182. The molecule has 0 radical (unpaired) electrons. The number of carbonyl (C=O) groups is 1. The maximum Gasteiger partial charge on any atom is 0.150 e. The summed E-state index contributed by atoms with van der Waals surface area (Å²) in [6.07, 6.45) is 0.919. The monoisotopic (exact) mass is 268 g/mol. The Labute approximate surface area is 94.9 Å². The lowest BCUT2D eigenvalue weighted by Crippen LogP contribution is -1.83. The molecular formula is C11H9BrOS. The average Bonchev–Trinajstić information content (AvgIpc) is 2.58. The van der Waals surface area contributed by atoms with Crippen LogP contribution in [0.15, 0.2) is 18.2 Å². The van der Waals surface area contributed by atoms with Crippen molar-refractivity contribution >= 4 is 43.6 Å². The molecular weight excluding hydrogens is 260 g/mol. The van der Waals surface area contributed by atoms with Gasteiger partial charge >= 0.3 is 0 Å². The number of hydrogen-bond acceptors (Lipinski definition) is 2. The molecule has 0 atom stereocenters. The molecule has 0 aliphatic carbocycles. The average molecular weight is 269 g/mol. The van der Waals surface area contributed by atoms with Gasteiger partial charge in [-0.05, 0) is 36.1 Å². The molecule has 72 valence electrons. The van der Waals surface area contributed by atoms with Crippen molar-refractivity contribution in [1.82, 2.24) is 0 Å². The second-order valence-corrected chi connectivity index (χ2v) is 4.94. The van der Waals surface area contributed by atoms with E-state index in [1.807, 2.05) is 13.0 Å².